The third-order valence-electron chi connectivity index (χ3n) is 7.39. The van der Waals surface area contributed by atoms with E-state index in [2.05, 4.69) is 35.0 Å². The van der Waals surface area contributed by atoms with Crippen molar-refractivity contribution < 1.29 is 27.9 Å². The zero-order chi connectivity index (χ0) is 28.6. The third kappa shape index (κ3) is 21.8. The average molecular weight is 571 g/mol. The van der Waals surface area contributed by atoms with Gasteiger partial charge in [-0.1, -0.05) is 121 Å². The highest BCUT2D eigenvalue weighted by molar-refractivity contribution is 7.40. The molecule has 7 heteroatoms. The molecule has 0 saturated carbocycles. The van der Waals surface area contributed by atoms with Gasteiger partial charge in [0.2, 0.25) is 0 Å². The molecule has 1 rings (SSSR count). The highest BCUT2D eigenvalue weighted by Gasteiger charge is 2.22. The first-order valence-corrected chi connectivity index (χ1v) is 16.7. The molecule has 0 fully saturated rings. The summed E-state index contributed by atoms with van der Waals surface area (Å²) < 4.78 is 24.0. The highest BCUT2D eigenvalue weighted by atomic mass is 31.2. The van der Waals surface area contributed by atoms with Crippen LogP contribution in [0.1, 0.15) is 109 Å². The van der Waals surface area contributed by atoms with Gasteiger partial charge < -0.3 is 27.9 Å². The molecule has 0 aromatic heterocycles. The molecule has 0 heterocycles. The highest BCUT2D eigenvalue weighted by Crippen LogP contribution is 2.33. The summed E-state index contributed by atoms with van der Waals surface area (Å²) in [4.78, 5) is 10.2. The standard InChI is InChI=1S/C32H61NO5P/c1-6-7-8-9-10-11-12-13-14-15-16-17-18-22-25-35-28-32(36-27-31-23-20-19-21-24-31)29-38-39(34)37-26-30(2)33(3,4)5/h19-21,23-24,30,32,34H,6-18,22,25-29H2,1-5H3/q+1. The first-order valence-electron chi connectivity index (χ1n) is 15.6. The van der Waals surface area contributed by atoms with Gasteiger partial charge in [0.15, 0.2) is 0 Å². The quantitative estimate of drug-likeness (QED) is 0.0654. The van der Waals surface area contributed by atoms with Crippen molar-refractivity contribution in [1.29, 1.82) is 0 Å². The first kappa shape index (κ1) is 36.4. The molecule has 1 aromatic rings. The lowest BCUT2D eigenvalue weighted by Crippen LogP contribution is -2.45. The summed E-state index contributed by atoms with van der Waals surface area (Å²) in [6.45, 7) is 6.73. The number of likely N-dealkylation sites (N-methyl/N-ethyl adjacent to an activating group) is 1. The maximum Gasteiger partial charge on any atom is 0.330 e. The Morgan fingerprint density at radius 2 is 1.23 bits per heavy atom. The number of hydrogen-bond acceptors (Lipinski definition) is 5. The van der Waals surface area contributed by atoms with Crippen molar-refractivity contribution in [2.75, 3.05) is 47.6 Å². The van der Waals surface area contributed by atoms with Gasteiger partial charge in [-0.25, -0.2) is 0 Å². The van der Waals surface area contributed by atoms with Gasteiger partial charge in [-0.3, -0.25) is 0 Å². The lowest BCUT2D eigenvalue weighted by Gasteiger charge is -2.31. The second-order valence-electron chi connectivity index (χ2n) is 11.9. The van der Waals surface area contributed by atoms with E-state index in [1.807, 2.05) is 30.3 Å². The number of benzene rings is 1. The van der Waals surface area contributed by atoms with Crippen LogP contribution in [-0.2, 0) is 25.1 Å². The minimum Gasteiger partial charge on any atom is -0.379 e. The number of quaternary nitrogens is 1. The third-order valence-corrected chi connectivity index (χ3v) is 8.13. The van der Waals surface area contributed by atoms with Crippen molar-refractivity contribution in [3.05, 3.63) is 35.9 Å². The molecule has 1 N–H and O–H groups in total. The fourth-order valence-corrected chi connectivity index (χ4v) is 4.84. The molecule has 0 aliphatic carbocycles. The fourth-order valence-electron chi connectivity index (χ4n) is 4.13. The van der Waals surface area contributed by atoms with E-state index in [-0.39, 0.29) is 18.8 Å². The van der Waals surface area contributed by atoms with Crippen molar-refractivity contribution in [3.8, 4) is 0 Å². The number of rotatable bonds is 27. The van der Waals surface area contributed by atoms with Gasteiger partial charge in [0.1, 0.15) is 18.8 Å². The number of ether oxygens (including phenoxy) is 2. The van der Waals surface area contributed by atoms with Crippen LogP contribution >= 0.6 is 8.60 Å². The van der Waals surface area contributed by atoms with Gasteiger partial charge in [0.05, 0.1) is 41.0 Å². The van der Waals surface area contributed by atoms with Crippen LogP contribution < -0.4 is 0 Å². The molecule has 0 radical (unpaired) electrons. The largest absolute Gasteiger partial charge is 0.379 e. The Hall–Kier alpha value is -0.590. The Labute approximate surface area is 242 Å². The molecule has 0 bridgehead atoms. The zero-order valence-corrected chi connectivity index (χ0v) is 26.8. The van der Waals surface area contributed by atoms with Gasteiger partial charge in [-0.05, 0) is 18.9 Å². The molecular formula is C32H61NO5P+. The maximum atomic E-state index is 10.2. The van der Waals surface area contributed by atoms with Crippen LogP contribution in [0.15, 0.2) is 30.3 Å². The van der Waals surface area contributed by atoms with Crippen LogP contribution in [0.3, 0.4) is 0 Å². The Balaban J connectivity index is 2.15. The van der Waals surface area contributed by atoms with Crippen LogP contribution in [0.25, 0.3) is 0 Å². The van der Waals surface area contributed by atoms with Gasteiger partial charge >= 0.3 is 8.60 Å². The summed E-state index contributed by atoms with van der Waals surface area (Å²) in [6, 6.07) is 10.3. The predicted octanol–water partition coefficient (Wildman–Crippen LogP) is 8.42. The number of nitrogens with zero attached hydrogens (tertiary/aromatic N) is 1. The summed E-state index contributed by atoms with van der Waals surface area (Å²) in [5.41, 5.74) is 1.11. The van der Waals surface area contributed by atoms with E-state index in [0.717, 1.165) is 23.1 Å². The molecule has 1 aromatic carbocycles. The Bertz CT molecular complexity index is 658. The van der Waals surface area contributed by atoms with E-state index in [1.54, 1.807) is 0 Å². The molecule has 3 unspecified atom stereocenters. The monoisotopic (exact) mass is 570 g/mol. The van der Waals surface area contributed by atoms with E-state index >= 15 is 0 Å². The van der Waals surface area contributed by atoms with Crippen LogP contribution in [0, 0.1) is 0 Å². The lowest BCUT2D eigenvalue weighted by molar-refractivity contribution is -0.894. The lowest BCUT2D eigenvalue weighted by atomic mass is 10.0. The topological polar surface area (TPSA) is 57.2 Å². The summed E-state index contributed by atoms with van der Waals surface area (Å²) >= 11 is 0. The van der Waals surface area contributed by atoms with Crippen molar-refractivity contribution in [1.82, 2.24) is 0 Å². The molecule has 0 aliphatic rings. The summed E-state index contributed by atoms with van der Waals surface area (Å²) in [5, 5.41) is 0. The second kappa shape index (κ2) is 24.1. The molecule has 0 spiro atoms. The van der Waals surface area contributed by atoms with Crippen LogP contribution in [0.5, 0.6) is 0 Å². The molecule has 3 atom stereocenters. The maximum absolute atomic E-state index is 10.2. The van der Waals surface area contributed by atoms with E-state index in [9.17, 15) is 4.89 Å². The predicted molar refractivity (Wildman–Crippen MR) is 165 cm³/mol. The molecule has 39 heavy (non-hydrogen) atoms. The Morgan fingerprint density at radius 1 is 0.718 bits per heavy atom. The molecule has 0 aliphatic heterocycles. The zero-order valence-electron chi connectivity index (χ0n) is 26.0. The van der Waals surface area contributed by atoms with Crippen LogP contribution in [0.4, 0.5) is 0 Å². The van der Waals surface area contributed by atoms with Crippen molar-refractivity contribution in [2.45, 2.75) is 122 Å². The second-order valence-corrected chi connectivity index (χ2v) is 12.9. The van der Waals surface area contributed by atoms with Gasteiger partial charge in [0.25, 0.3) is 0 Å². The van der Waals surface area contributed by atoms with E-state index in [1.165, 1.54) is 83.5 Å². The van der Waals surface area contributed by atoms with Crippen molar-refractivity contribution in [3.63, 3.8) is 0 Å². The van der Waals surface area contributed by atoms with Gasteiger partial charge in [-0.2, -0.15) is 0 Å². The smallest absolute Gasteiger partial charge is 0.330 e. The summed E-state index contributed by atoms with van der Waals surface area (Å²) in [5.74, 6) is 0. The fraction of sp³-hybridized carbons (Fsp3) is 0.812. The van der Waals surface area contributed by atoms with Crippen LogP contribution in [-0.4, -0.2) is 69.1 Å². The summed E-state index contributed by atoms with van der Waals surface area (Å²) in [6.07, 6.45) is 18.6. The minimum absolute atomic E-state index is 0.243. The summed E-state index contributed by atoms with van der Waals surface area (Å²) in [7, 11) is 4.38. The molecule has 0 saturated heterocycles. The number of hydrogen-bond donors (Lipinski definition) is 1. The first-order chi connectivity index (χ1) is 18.8. The Kier molecular flexibility index (Phi) is 22.5. The SMILES string of the molecule is CCCCCCCCCCCCCCCCOCC(COP(O)OCC(C)[N+](C)(C)C)OCc1ccccc1. The number of unbranched alkanes of at least 4 members (excludes halogenated alkanes) is 13. The molecular weight excluding hydrogens is 509 g/mol. The minimum atomic E-state index is -1.94. The van der Waals surface area contributed by atoms with Crippen LogP contribution in [0.2, 0.25) is 0 Å². The molecule has 0 amide bonds. The van der Waals surface area contributed by atoms with Crippen molar-refractivity contribution >= 4 is 8.60 Å². The van der Waals surface area contributed by atoms with E-state index in [4.69, 9.17) is 18.5 Å². The molecule has 6 nitrogen and oxygen atoms in total. The Morgan fingerprint density at radius 3 is 1.77 bits per heavy atom. The molecule has 228 valence electrons. The van der Waals surface area contributed by atoms with E-state index < -0.39 is 8.60 Å². The normalized spacial score (nSPS) is 14.4. The van der Waals surface area contributed by atoms with Gasteiger partial charge in [-0.15, -0.1) is 0 Å². The van der Waals surface area contributed by atoms with Gasteiger partial charge in [0, 0.05) is 6.61 Å². The van der Waals surface area contributed by atoms with Crippen molar-refractivity contribution in [2.24, 2.45) is 0 Å². The average Bonchev–Trinajstić information content (AvgIpc) is 2.92. The van der Waals surface area contributed by atoms with E-state index in [0.29, 0.717) is 19.8 Å².